The van der Waals surface area contributed by atoms with Crippen LogP contribution in [0.3, 0.4) is 0 Å². The minimum Gasteiger partial charge on any atom is -0.410 e. The predicted molar refractivity (Wildman–Crippen MR) is 117 cm³/mol. The van der Waals surface area contributed by atoms with E-state index in [9.17, 15) is 18.8 Å². The summed E-state index contributed by atoms with van der Waals surface area (Å²) in [7, 11) is 1.54. The monoisotopic (exact) mass is 436 g/mol. The van der Waals surface area contributed by atoms with Gasteiger partial charge in [0.25, 0.3) is 5.91 Å². The van der Waals surface area contributed by atoms with Crippen molar-refractivity contribution in [1.29, 1.82) is 0 Å². The Hall–Kier alpha value is -4.01. The lowest BCUT2D eigenvalue weighted by atomic mass is 9.99. The second kappa shape index (κ2) is 8.62. The van der Waals surface area contributed by atoms with Gasteiger partial charge >= 0.3 is 6.09 Å². The molecule has 0 spiro atoms. The molecule has 0 bridgehead atoms. The van der Waals surface area contributed by atoms with E-state index in [-0.39, 0.29) is 5.75 Å². The van der Waals surface area contributed by atoms with Crippen LogP contribution in [0.5, 0.6) is 5.75 Å². The average molecular weight is 436 g/mol. The fourth-order valence-corrected chi connectivity index (χ4v) is 3.57. The number of ketones is 1. The van der Waals surface area contributed by atoms with Gasteiger partial charge in [-0.3, -0.25) is 14.5 Å². The zero-order valence-electron chi connectivity index (χ0n) is 17.6. The van der Waals surface area contributed by atoms with Crippen molar-refractivity contribution in [1.82, 2.24) is 14.9 Å². The number of nitrogens with zero attached hydrogens (tertiary/aromatic N) is 3. The van der Waals surface area contributed by atoms with E-state index in [1.165, 1.54) is 41.1 Å². The summed E-state index contributed by atoms with van der Waals surface area (Å²) in [5, 5.41) is 0.811. The van der Waals surface area contributed by atoms with E-state index >= 15 is 0 Å². The maximum Gasteiger partial charge on any atom is 0.419 e. The zero-order chi connectivity index (χ0) is 22.8. The van der Waals surface area contributed by atoms with Crippen LogP contribution in [0.15, 0.2) is 48.8 Å². The number of fused-ring (bicyclic) bond motifs is 1. The number of pyridine rings is 1. The van der Waals surface area contributed by atoms with Crippen molar-refractivity contribution < 1.29 is 23.5 Å². The molecule has 1 aromatic carbocycles. The smallest absolute Gasteiger partial charge is 0.410 e. The summed E-state index contributed by atoms with van der Waals surface area (Å²) in [5.41, 5.74) is 3.09. The van der Waals surface area contributed by atoms with Crippen molar-refractivity contribution in [3.63, 3.8) is 0 Å². The van der Waals surface area contributed by atoms with Gasteiger partial charge in [0.15, 0.2) is 0 Å². The Kier molecular flexibility index (Phi) is 5.72. The fraction of sp³-hybridized carbons (Fsp3) is 0.217. The molecule has 8 nitrogen and oxygen atoms in total. The summed E-state index contributed by atoms with van der Waals surface area (Å²) in [6, 6.07) is 7.17. The van der Waals surface area contributed by atoms with Crippen LogP contribution < -0.4 is 9.64 Å². The Labute approximate surface area is 183 Å². The molecule has 1 N–H and O–H groups in total. The first-order chi connectivity index (χ1) is 15.3. The van der Waals surface area contributed by atoms with Gasteiger partial charge in [0.05, 0.1) is 11.9 Å². The second-order valence-electron chi connectivity index (χ2n) is 7.46. The molecule has 3 heterocycles. The number of anilines is 1. The van der Waals surface area contributed by atoms with Gasteiger partial charge in [-0.25, -0.2) is 14.2 Å². The Morgan fingerprint density at radius 2 is 2.06 bits per heavy atom. The first kappa shape index (κ1) is 21.2. The molecule has 164 valence electrons. The minimum atomic E-state index is -0.677. The number of carbonyl (C=O) groups excluding carboxylic acids is 3. The average Bonchev–Trinajstić information content (AvgIpc) is 3.21. The highest BCUT2D eigenvalue weighted by atomic mass is 19.1. The van der Waals surface area contributed by atoms with E-state index in [2.05, 4.69) is 9.97 Å². The van der Waals surface area contributed by atoms with Gasteiger partial charge in [-0.1, -0.05) is 12.1 Å². The van der Waals surface area contributed by atoms with Crippen LogP contribution in [-0.2, 0) is 9.59 Å². The number of halogens is 1. The number of amides is 2. The van der Waals surface area contributed by atoms with Crippen molar-refractivity contribution in [3.05, 3.63) is 60.2 Å². The van der Waals surface area contributed by atoms with Crippen molar-refractivity contribution in [2.45, 2.75) is 13.3 Å². The lowest BCUT2D eigenvalue weighted by Gasteiger charge is -2.25. The van der Waals surface area contributed by atoms with Crippen molar-refractivity contribution in [2.75, 3.05) is 25.0 Å². The first-order valence-corrected chi connectivity index (χ1v) is 10.0. The molecule has 32 heavy (non-hydrogen) atoms. The summed E-state index contributed by atoms with van der Waals surface area (Å²) >= 11 is 0. The van der Waals surface area contributed by atoms with Crippen molar-refractivity contribution in [3.8, 4) is 5.75 Å². The SMILES string of the molecule is CC(=O)C(=O)N1CC=C(c2c[nH]c3ncc(N(C)C(=O)Oc4cccc(F)c4)cc23)CC1. The number of H-pyrrole nitrogens is 1. The van der Waals surface area contributed by atoms with Crippen LogP contribution in [0.4, 0.5) is 14.9 Å². The van der Waals surface area contributed by atoms with Crippen LogP contribution in [0, 0.1) is 5.82 Å². The lowest BCUT2D eigenvalue weighted by molar-refractivity contribution is -0.143. The van der Waals surface area contributed by atoms with Crippen LogP contribution in [0.2, 0.25) is 0 Å². The van der Waals surface area contributed by atoms with Gasteiger partial charge in [-0.15, -0.1) is 0 Å². The van der Waals surface area contributed by atoms with Crippen molar-refractivity contribution in [2.24, 2.45) is 0 Å². The molecule has 0 radical (unpaired) electrons. The number of hydrogen-bond donors (Lipinski definition) is 1. The standard InChI is InChI=1S/C23H21FN4O4/c1-14(29)22(30)28-8-6-15(7-9-28)20-13-26-21-19(20)11-17(12-25-21)27(2)23(31)32-18-5-3-4-16(24)10-18/h3-6,10-13H,7-9H2,1-2H3,(H,25,26). The highest BCUT2D eigenvalue weighted by molar-refractivity contribution is 6.35. The summed E-state index contributed by atoms with van der Waals surface area (Å²) in [4.78, 5) is 46.0. The molecule has 9 heteroatoms. The van der Waals surface area contributed by atoms with E-state index in [4.69, 9.17) is 4.74 Å². The third kappa shape index (κ3) is 4.22. The number of hydrogen-bond acceptors (Lipinski definition) is 5. The summed E-state index contributed by atoms with van der Waals surface area (Å²) in [6.07, 6.45) is 5.21. The maximum absolute atomic E-state index is 13.3. The molecule has 0 atom stereocenters. The van der Waals surface area contributed by atoms with E-state index in [1.807, 2.05) is 18.3 Å². The van der Waals surface area contributed by atoms with Crippen LogP contribution in [0.25, 0.3) is 16.6 Å². The largest absolute Gasteiger partial charge is 0.419 e. The highest BCUT2D eigenvalue weighted by Crippen LogP contribution is 2.31. The highest BCUT2D eigenvalue weighted by Gasteiger charge is 2.22. The number of ether oxygens (including phenoxy) is 1. The normalized spacial score (nSPS) is 13.6. The molecule has 2 aromatic heterocycles. The quantitative estimate of drug-likeness (QED) is 0.631. The third-order valence-corrected chi connectivity index (χ3v) is 5.32. The molecule has 1 aliphatic heterocycles. The van der Waals surface area contributed by atoms with Crippen LogP contribution >= 0.6 is 0 Å². The first-order valence-electron chi connectivity index (χ1n) is 10.0. The van der Waals surface area contributed by atoms with E-state index < -0.39 is 23.6 Å². The summed E-state index contributed by atoms with van der Waals surface area (Å²) in [6.45, 7) is 2.07. The molecule has 0 saturated carbocycles. The third-order valence-electron chi connectivity index (χ3n) is 5.32. The van der Waals surface area contributed by atoms with Gasteiger partial charge in [0.1, 0.15) is 17.2 Å². The number of rotatable bonds is 4. The molecular formula is C23H21FN4O4. The van der Waals surface area contributed by atoms with Gasteiger partial charge < -0.3 is 14.6 Å². The fourth-order valence-electron chi connectivity index (χ4n) is 3.57. The van der Waals surface area contributed by atoms with E-state index in [1.54, 1.807) is 7.05 Å². The van der Waals surface area contributed by atoms with E-state index in [0.717, 1.165) is 22.6 Å². The van der Waals surface area contributed by atoms with Gasteiger partial charge in [0.2, 0.25) is 5.78 Å². The topological polar surface area (TPSA) is 95.6 Å². The Bertz CT molecular complexity index is 1250. The van der Waals surface area contributed by atoms with Gasteiger partial charge in [-0.2, -0.15) is 0 Å². The molecule has 0 unspecified atom stereocenters. The minimum absolute atomic E-state index is 0.107. The molecule has 0 saturated heterocycles. The number of aromatic nitrogens is 2. The molecule has 0 fully saturated rings. The molecular weight excluding hydrogens is 415 g/mol. The Balaban J connectivity index is 1.56. The van der Waals surface area contributed by atoms with Crippen LogP contribution in [0.1, 0.15) is 18.9 Å². The van der Waals surface area contributed by atoms with Crippen LogP contribution in [-0.4, -0.2) is 52.8 Å². The molecule has 2 amide bonds. The van der Waals surface area contributed by atoms with Crippen molar-refractivity contribution >= 4 is 40.1 Å². The molecule has 3 aromatic rings. The predicted octanol–water partition coefficient (Wildman–Crippen LogP) is 3.54. The van der Waals surface area contributed by atoms with E-state index in [0.29, 0.717) is 30.8 Å². The number of benzene rings is 1. The Morgan fingerprint density at radius 1 is 1.25 bits per heavy atom. The van der Waals surface area contributed by atoms with Gasteiger partial charge in [0, 0.05) is 50.3 Å². The summed E-state index contributed by atoms with van der Waals surface area (Å²) < 4.78 is 18.6. The zero-order valence-corrected chi connectivity index (χ0v) is 17.6. The lowest BCUT2D eigenvalue weighted by Crippen LogP contribution is -2.38. The maximum atomic E-state index is 13.3. The van der Waals surface area contributed by atoms with Gasteiger partial charge in [-0.05, 0) is 30.2 Å². The molecule has 1 aliphatic rings. The second-order valence-corrected chi connectivity index (χ2v) is 7.46. The Morgan fingerprint density at radius 3 is 2.75 bits per heavy atom. The number of aromatic amines is 1. The molecule has 0 aliphatic carbocycles. The molecule has 4 rings (SSSR count). The number of Topliss-reactive ketones (excluding diaryl/α,β-unsaturated/α-hetero) is 1. The number of nitrogens with one attached hydrogen (secondary N) is 1. The number of carbonyl (C=O) groups is 3. The summed E-state index contributed by atoms with van der Waals surface area (Å²) in [5.74, 6) is -1.35.